The van der Waals surface area contributed by atoms with Gasteiger partial charge in [-0.2, -0.15) is 0 Å². The second-order valence-corrected chi connectivity index (χ2v) is 9.00. The number of amides is 1. The summed E-state index contributed by atoms with van der Waals surface area (Å²) in [6.07, 6.45) is 1.73. The maximum atomic E-state index is 12.8. The Bertz CT molecular complexity index is 1030. The molecule has 28 heavy (non-hydrogen) atoms. The smallest absolute Gasteiger partial charge is 0.227 e. The van der Waals surface area contributed by atoms with Gasteiger partial charge in [-0.05, 0) is 74.9 Å². The lowest BCUT2D eigenvalue weighted by Crippen LogP contribution is -2.38. The lowest BCUT2D eigenvalue weighted by molar-refractivity contribution is -0.120. The normalized spacial score (nSPS) is 15.2. The van der Waals surface area contributed by atoms with Gasteiger partial charge in [0.1, 0.15) is 0 Å². The fraction of sp³-hybridized carbons (Fsp3) is 0.391. The first-order valence-corrected chi connectivity index (χ1v) is 10.7. The third kappa shape index (κ3) is 3.76. The molecule has 0 atom stereocenters. The van der Waals surface area contributed by atoms with Gasteiger partial charge in [0, 0.05) is 24.7 Å². The van der Waals surface area contributed by atoms with Crippen molar-refractivity contribution < 1.29 is 4.79 Å². The highest BCUT2D eigenvalue weighted by Crippen LogP contribution is 2.34. The summed E-state index contributed by atoms with van der Waals surface area (Å²) in [4.78, 5) is 20.0. The molecular weight excluding hydrogens is 366 g/mol. The van der Waals surface area contributed by atoms with E-state index in [-0.39, 0.29) is 11.8 Å². The molecule has 1 amide bonds. The second kappa shape index (κ2) is 7.55. The van der Waals surface area contributed by atoms with E-state index in [1.807, 2.05) is 13.0 Å². The fourth-order valence-corrected chi connectivity index (χ4v) is 5.13. The van der Waals surface area contributed by atoms with E-state index >= 15 is 0 Å². The minimum atomic E-state index is 0.0644. The first-order chi connectivity index (χ1) is 13.4. The Labute approximate surface area is 170 Å². The Kier molecular flexibility index (Phi) is 5.11. The molecule has 4 rings (SSSR count). The molecule has 1 aliphatic rings. The summed E-state index contributed by atoms with van der Waals surface area (Å²) in [6.45, 7) is 10.1. The van der Waals surface area contributed by atoms with Crippen molar-refractivity contribution in [3.63, 3.8) is 0 Å². The topological polar surface area (TPSA) is 45.2 Å². The highest BCUT2D eigenvalue weighted by atomic mass is 32.1. The van der Waals surface area contributed by atoms with Gasteiger partial charge in [0.25, 0.3) is 0 Å². The first-order valence-electron chi connectivity index (χ1n) is 9.91. The Morgan fingerprint density at radius 2 is 1.79 bits per heavy atom. The number of carbonyl (C=O) groups is 1. The van der Waals surface area contributed by atoms with E-state index in [0.717, 1.165) is 53.4 Å². The van der Waals surface area contributed by atoms with Crippen molar-refractivity contribution in [3.8, 4) is 0 Å². The van der Waals surface area contributed by atoms with Crippen molar-refractivity contribution in [1.82, 2.24) is 4.98 Å². The van der Waals surface area contributed by atoms with Crippen LogP contribution in [0.4, 0.5) is 10.8 Å². The lowest BCUT2D eigenvalue weighted by Gasteiger charge is -2.31. The lowest BCUT2D eigenvalue weighted by atomic mass is 9.96. The van der Waals surface area contributed by atoms with E-state index in [1.165, 1.54) is 15.8 Å². The third-order valence-electron chi connectivity index (χ3n) is 5.61. The largest absolute Gasteiger partial charge is 0.348 e. The van der Waals surface area contributed by atoms with Gasteiger partial charge in [0.2, 0.25) is 5.91 Å². The van der Waals surface area contributed by atoms with Crippen molar-refractivity contribution in [2.24, 2.45) is 5.92 Å². The number of anilines is 2. The zero-order chi connectivity index (χ0) is 19.8. The van der Waals surface area contributed by atoms with Crippen molar-refractivity contribution >= 4 is 38.3 Å². The third-order valence-corrected chi connectivity index (χ3v) is 6.67. The molecule has 0 spiro atoms. The van der Waals surface area contributed by atoms with E-state index in [9.17, 15) is 4.79 Å². The summed E-state index contributed by atoms with van der Waals surface area (Å²) in [7, 11) is 0. The average Bonchev–Trinajstić information content (AvgIpc) is 3.09. The number of aryl methyl sites for hydroxylation is 4. The molecule has 0 aliphatic carbocycles. The standard InChI is InChI=1S/C23H27N3OS/c1-14-5-6-16(3)19(12-14)24-22(27)18-7-9-26(10-8-18)23-25-21-17(4)11-15(2)13-20(21)28-23/h5-6,11-13,18H,7-10H2,1-4H3,(H,24,27). The van der Waals surface area contributed by atoms with Crippen LogP contribution in [0.1, 0.15) is 35.1 Å². The Hall–Kier alpha value is -2.40. The van der Waals surface area contributed by atoms with Crippen LogP contribution < -0.4 is 10.2 Å². The van der Waals surface area contributed by atoms with E-state index in [2.05, 4.69) is 55.3 Å². The number of nitrogens with zero attached hydrogens (tertiary/aromatic N) is 2. The van der Waals surface area contributed by atoms with Crippen LogP contribution in [0.15, 0.2) is 30.3 Å². The van der Waals surface area contributed by atoms with Crippen LogP contribution in [0.5, 0.6) is 0 Å². The number of fused-ring (bicyclic) bond motifs is 1. The molecule has 3 aromatic rings. The van der Waals surface area contributed by atoms with Gasteiger partial charge in [-0.1, -0.05) is 29.5 Å². The summed E-state index contributed by atoms with van der Waals surface area (Å²) >= 11 is 1.76. The molecule has 1 fully saturated rings. The molecule has 1 aliphatic heterocycles. The predicted octanol–water partition coefficient (Wildman–Crippen LogP) is 5.39. The molecule has 5 heteroatoms. The zero-order valence-electron chi connectivity index (χ0n) is 17.0. The molecule has 4 nitrogen and oxygen atoms in total. The molecule has 0 bridgehead atoms. The molecule has 0 radical (unpaired) electrons. The summed E-state index contributed by atoms with van der Waals surface area (Å²) in [5, 5.41) is 4.22. The van der Waals surface area contributed by atoms with Crippen LogP contribution in [-0.4, -0.2) is 24.0 Å². The van der Waals surface area contributed by atoms with E-state index in [0.29, 0.717) is 0 Å². The maximum Gasteiger partial charge on any atom is 0.227 e. The Morgan fingerprint density at radius 3 is 2.54 bits per heavy atom. The van der Waals surface area contributed by atoms with E-state index in [1.54, 1.807) is 11.3 Å². The average molecular weight is 394 g/mol. The van der Waals surface area contributed by atoms with Gasteiger partial charge >= 0.3 is 0 Å². The number of hydrogen-bond donors (Lipinski definition) is 1. The first kappa shape index (κ1) is 18.9. The van der Waals surface area contributed by atoms with Crippen LogP contribution in [-0.2, 0) is 4.79 Å². The van der Waals surface area contributed by atoms with Gasteiger partial charge in [-0.25, -0.2) is 4.98 Å². The van der Waals surface area contributed by atoms with Gasteiger partial charge in [-0.15, -0.1) is 0 Å². The molecule has 0 unspecified atom stereocenters. The van der Waals surface area contributed by atoms with Crippen molar-refractivity contribution in [1.29, 1.82) is 0 Å². The van der Waals surface area contributed by atoms with Crippen molar-refractivity contribution in [3.05, 3.63) is 52.6 Å². The maximum absolute atomic E-state index is 12.8. The Balaban J connectivity index is 1.42. The molecule has 1 N–H and O–H groups in total. The van der Waals surface area contributed by atoms with Crippen LogP contribution in [0.2, 0.25) is 0 Å². The molecule has 1 saturated heterocycles. The monoisotopic (exact) mass is 393 g/mol. The number of nitrogens with one attached hydrogen (secondary N) is 1. The summed E-state index contributed by atoms with van der Waals surface area (Å²) in [5.74, 6) is 0.207. The minimum Gasteiger partial charge on any atom is -0.348 e. The number of piperidine rings is 1. The summed E-state index contributed by atoms with van der Waals surface area (Å²) in [5.41, 5.74) is 6.83. The SMILES string of the molecule is Cc1ccc(C)c(NC(=O)C2CCN(c3nc4c(C)cc(C)cc4s3)CC2)c1. The van der Waals surface area contributed by atoms with Crippen LogP contribution in [0.25, 0.3) is 10.2 Å². The highest BCUT2D eigenvalue weighted by molar-refractivity contribution is 7.22. The van der Waals surface area contributed by atoms with Crippen molar-refractivity contribution in [2.45, 2.75) is 40.5 Å². The van der Waals surface area contributed by atoms with Gasteiger partial charge < -0.3 is 10.2 Å². The quantitative estimate of drug-likeness (QED) is 0.649. The van der Waals surface area contributed by atoms with Crippen LogP contribution >= 0.6 is 11.3 Å². The number of benzene rings is 2. The molecule has 146 valence electrons. The molecule has 1 aromatic heterocycles. The number of hydrogen-bond acceptors (Lipinski definition) is 4. The van der Waals surface area contributed by atoms with Gasteiger partial charge in [0.15, 0.2) is 5.13 Å². The number of carbonyl (C=O) groups excluding carboxylic acids is 1. The number of thiazole rings is 1. The zero-order valence-corrected chi connectivity index (χ0v) is 17.8. The summed E-state index contributed by atoms with van der Waals surface area (Å²) < 4.78 is 1.25. The van der Waals surface area contributed by atoms with Crippen LogP contribution in [0.3, 0.4) is 0 Å². The molecule has 2 aromatic carbocycles. The van der Waals surface area contributed by atoms with E-state index < -0.39 is 0 Å². The molecule has 0 saturated carbocycles. The van der Waals surface area contributed by atoms with Crippen molar-refractivity contribution in [2.75, 3.05) is 23.3 Å². The van der Waals surface area contributed by atoms with Crippen LogP contribution in [0, 0.1) is 33.6 Å². The summed E-state index contributed by atoms with van der Waals surface area (Å²) in [6, 6.07) is 10.6. The predicted molar refractivity (Wildman–Crippen MR) is 119 cm³/mol. The second-order valence-electron chi connectivity index (χ2n) is 7.99. The highest BCUT2D eigenvalue weighted by Gasteiger charge is 2.27. The van der Waals surface area contributed by atoms with Gasteiger partial charge in [-0.3, -0.25) is 4.79 Å². The number of rotatable bonds is 3. The molecule has 2 heterocycles. The minimum absolute atomic E-state index is 0.0644. The number of aromatic nitrogens is 1. The Morgan fingerprint density at radius 1 is 1.04 bits per heavy atom. The van der Waals surface area contributed by atoms with Gasteiger partial charge in [0.05, 0.1) is 10.2 Å². The molecular formula is C23H27N3OS. The fourth-order valence-electron chi connectivity index (χ4n) is 3.93. The van der Waals surface area contributed by atoms with E-state index in [4.69, 9.17) is 4.98 Å².